The number of phenolic OH excluding ortho intramolecular Hbond substituents is 1. The van der Waals surface area contributed by atoms with E-state index in [0.717, 1.165) is 35.5 Å². The molecule has 2 heterocycles. The van der Waals surface area contributed by atoms with Gasteiger partial charge >= 0.3 is 0 Å². The van der Waals surface area contributed by atoms with Crippen molar-refractivity contribution in [3.05, 3.63) is 66.5 Å². The van der Waals surface area contributed by atoms with E-state index in [0.29, 0.717) is 11.8 Å². The Hall–Kier alpha value is -2.59. The summed E-state index contributed by atoms with van der Waals surface area (Å²) in [7, 11) is 0. The maximum Gasteiger partial charge on any atom is 0.123 e. The number of nitrogens with one attached hydrogen (secondary N) is 1. The van der Waals surface area contributed by atoms with E-state index in [1.807, 2.05) is 47.3 Å². The molecule has 1 atom stereocenters. The van der Waals surface area contributed by atoms with Crippen LogP contribution in [0.15, 0.2) is 60.8 Å². The quantitative estimate of drug-likeness (QED) is 0.773. The van der Waals surface area contributed by atoms with Crippen molar-refractivity contribution in [3.63, 3.8) is 0 Å². The Labute approximate surface area is 141 Å². The lowest BCUT2D eigenvalue weighted by Crippen LogP contribution is -2.25. The molecule has 1 aliphatic heterocycles. The lowest BCUT2D eigenvalue weighted by molar-refractivity contribution is 0.477. The van der Waals surface area contributed by atoms with Crippen molar-refractivity contribution >= 4 is 0 Å². The van der Waals surface area contributed by atoms with Gasteiger partial charge in [0, 0.05) is 23.6 Å². The highest BCUT2D eigenvalue weighted by atomic mass is 16.3. The summed E-state index contributed by atoms with van der Waals surface area (Å²) in [4.78, 5) is 0. The predicted octanol–water partition coefficient (Wildman–Crippen LogP) is 3.54. The average Bonchev–Trinajstić information content (AvgIpc) is 3.27. The molecule has 1 saturated heterocycles. The molecule has 1 unspecified atom stereocenters. The lowest BCUT2D eigenvalue weighted by Gasteiger charge is -2.15. The molecule has 1 aliphatic rings. The van der Waals surface area contributed by atoms with Crippen LogP contribution in [-0.4, -0.2) is 27.5 Å². The van der Waals surface area contributed by atoms with Crippen LogP contribution in [0.3, 0.4) is 0 Å². The first kappa shape index (κ1) is 15.0. The summed E-state index contributed by atoms with van der Waals surface area (Å²) in [6, 6.07) is 18.1. The van der Waals surface area contributed by atoms with Gasteiger partial charge < -0.3 is 10.4 Å². The van der Waals surface area contributed by atoms with E-state index in [-0.39, 0.29) is 0 Å². The molecule has 0 saturated carbocycles. The molecule has 3 aromatic rings. The minimum Gasteiger partial charge on any atom is -0.507 e. The van der Waals surface area contributed by atoms with E-state index in [2.05, 4.69) is 22.5 Å². The fourth-order valence-corrected chi connectivity index (χ4v) is 3.45. The van der Waals surface area contributed by atoms with Gasteiger partial charge in [-0.1, -0.05) is 36.4 Å². The summed E-state index contributed by atoms with van der Waals surface area (Å²) in [6.07, 6.45) is 5.17. The van der Waals surface area contributed by atoms with Gasteiger partial charge in [0.1, 0.15) is 5.75 Å². The Morgan fingerprint density at radius 3 is 2.58 bits per heavy atom. The van der Waals surface area contributed by atoms with Crippen molar-refractivity contribution in [3.8, 4) is 22.6 Å². The highest BCUT2D eigenvalue weighted by Gasteiger charge is 2.22. The largest absolute Gasteiger partial charge is 0.507 e. The maximum absolute atomic E-state index is 10.3. The summed E-state index contributed by atoms with van der Waals surface area (Å²) in [5, 5.41) is 18.5. The molecule has 122 valence electrons. The normalized spacial score (nSPS) is 17.2. The molecule has 0 radical (unpaired) electrons. The number of nitrogens with zero attached hydrogens (tertiary/aromatic N) is 2. The lowest BCUT2D eigenvalue weighted by atomic mass is 10.0. The molecular formula is C20H21N3O. The number of para-hydroxylation sites is 2. The zero-order valence-corrected chi connectivity index (χ0v) is 13.5. The SMILES string of the molecule is Oc1ccccc1-c1cnn(-c2ccccc2)c1CC1CCCN1. The third kappa shape index (κ3) is 2.81. The first-order chi connectivity index (χ1) is 11.8. The molecular weight excluding hydrogens is 298 g/mol. The van der Waals surface area contributed by atoms with Crippen LogP contribution in [-0.2, 0) is 6.42 Å². The Balaban J connectivity index is 1.81. The second-order valence-corrected chi connectivity index (χ2v) is 6.27. The Bertz CT molecular complexity index is 820. The fourth-order valence-electron chi connectivity index (χ4n) is 3.45. The van der Waals surface area contributed by atoms with Crippen molar-refractivity contribution < 1.29 is 5.11 Å². The van der Waals surface area contributed by atoms with Crippen LogP contribution in [0.2, 0.25) is 0 Å². The van der Waals surface area contributed by atoms with Gasteiger partial charge in [-0.25, -0.2) is 4.68 Å². The number of aromatic hydroxyl groups is 1. The molecule has 1 fully saturated rings. The molecule has 4 rings (SSSR count). The summed E-state index contributed by atoms with van der Waals surface area (Å²) in [5.41, 5.74) is 4.03. The first-order valence-corrected chi connectivity index (χ1v) is 8.47. The highest BCUT2D eigenvalue weighted by molar-refractivity contribution is 5.72. The van der Waals surface area contributed by atoms with Crippen molar-refractivity contribution in [2.24, 2.45) is 0 Å². The minimum atomic E-state index is 0.297. The van der Waals surface area contributed by atoms with Gasteiger partial charge in [-0.15, -0.1) is 0 Å². The van der Waals surface area contributed by atoms with E-state index in [1.54, 1.807) is 6.07 Å². The number of phenols is 1. The van der Waals surface area contributed by atoms with Gasteiger partial charge in [0.25, 0.3) is 0 Å². The second kappa shape index (κ2) is 6.49. The third-order valence-electron chi connectivity index (χ3n) is 4.67. The fraction of sp³-hybridized carbons (Fsp3) is 0.250. The number of hydrogen-bond donors (Lipinski definition) is 2. The highest BCUT2D eigenvalue weighted by Crippen LogP contribution is 2.33. The third-order valence-corrected chi connectivity index (χ3v) is 4.67. The number of benzene rings is 2. The molecule has 0 amide bonds. The molecule has 4 heteroatoms. The zero-order valence-electron chi connectivity index (χ0n) is 13.5. The van der Waals surface area contributed by atoms with Crippen molar-refractivity contribution in [2.45, 2.75) is 25.3 Å². The van der Waals surface area contributed by atoms with E-state index in [1.165, 1.54) is 12.8 Å². The van der Waals surface area contributed by atoms with E-state index < -0.39 is 0 Å². The molecule has 2 aromatic carbocycles. The van der Waals surface area contributed by atoms with E-state index >= 15 is 0 Å². The van der Waals surface area contributed by atoms with Crippen LogP contribution < -0.4 is 5.32 Å². The first-order valence-electron chi connectivity index (χ1n) is 8.47. The molecule has 2 N–H and O–H groups in total. The van der Waals surface area contributed by atoms with E-state index in [4.69, 9.17) is 0 Å². The van der Waals surface area contributed by atoms with Gasteiger partial charge in [0.2, 0.25) is 0 Å². The van der Waals surface area contributed by atoms with E-state index in [9.17, 15) is 5.11 Å². The molecule has 0 bridgehead atoms. The van der Waals surface area contributed by atoms with Gasteiger partial charge in [-0.2, -0.15) is 5.10 Å². The van der Waals surface area contributed by atoms with Crippen LogP contribution >= 0.6 is 0 Å². The van der Waals surface area contributed by atoms with Gasteiger partial charge in [0.15, 0.2) is 0 Å². The van der Waals surface area contributed by atoms with Crippen molar-refractivity contribution in [1.29, 1.82) is 0 Å². The van der Waals surface area contributed by atoms with Gasteiger partial charge in [-0.05, 0) is 37.6 Å². The number of rotatable bonds is 4. The smallest absolute Gasteiger partial charge is 0.123 e. The van der Waals surface area contributed by atoms with Crippen LogP contribution in [0, 0.1) is 0 Å². The Morgan fingerprint density at radius 2 is 1.83 bits per heavy atom. The molecule has 0 aliphatic carbocycles. The molecule has 4 nitrogen and oxygen atoms in total. The molecule has 0 spiro atoms. The summed E-state index contributed by atoms with van der Waals surface area (Å²) in [6.45, 7) is 1.08. The summed E-state index contributed by atoms with van der Waals surface area (Å²) < 4.78 is 2.00. The van der Waals surface area contributed by atoms with Crippen LogP contribution in [0.25, 0.3) is 16.8 Å². The topological polar surface area (TPSA) is 50.1 Å². The predicted molar refractivity (Wildman–Crippen MR) is 95.4 cm³/mol. The Kier molecular flexibility index (Phi) is 4.05. The minimum absolute atomic E-state index is 0.297. The van der Waals surface area contributed by atoms with Crippen LogP contribution in [0.5, 0.6) is 5.75 Å². The van der Waals surface area contributed by atoms with Crippen LogP contribution in [0.1, 0.15) is 18.5 Å². The number of hydrogen-bond acceptors (Lipinski definition) is 3. The molecule has 1 aromatic heterocycles. The van der Waals surface area contributed by atoms with Crippen LogP contribution in [0.4, 0.5) is 0 Å². The molecule has 24 heavy (non-hydrogen) atoms. The number of aromatic nitrogens is 2. The summed E-state index contributed by atoms with van der Waals surface area (Å²) in [5.74, 6) is 0.297. The maximum atomic E-state index is 10.3. The zero-order chi connectivity index (χ0) is 16.4. The van der Waals surface area contributed by atoms with Crippen molar-refractivity contribution in [1.82, 2.24) is 15.1 Å². The van der Waals surface area contributed by atoms with Gasteiger partial charge in [0.05, 0.1) is 17.6 Å². The standard InChI is InChI=1S/C20H21N3O/c24-20-11-5-4-10-17(20)18-14-22-23(16-8-2-1-3-9-16)19(18)13-15-7-6-12-21-15/h1-5,8-11,14-15,21,24H,6-7,12-13H2. The van der Waals surface area contributed by atoms with Gasteiger partial charge in [-0.3, -0.25) is 0 Å². The van der Waals surface area contributed by atoms with Crippen molar-refractivity contribution in [2.75, 3.05) is 6.54 Å². The Morgan fingerprint density at radius 1 is 1.04 bits per heavy atom. The summed E-state index contributed by atoms with van der Waals surface area (Å²) >= 11 is 0. The average molecular weight is 319 g/mol. The second-order valence-electron chi connectivity index (χ2n) is 6.27. The monoisotopic (exact) mass is 319 g/mol.